The number of amides is 2. The van der Waals surface area contributed by atoms with Gasteiger partial charge in [0.05, 0.1) is 26.2 Å². The van der Waals surface area contributed by atoms with Gasteiger partial charge >= 0.3 is 6.18 Å². The first-order valence-corrected chi connectivity index (χ1v) is 10.2. The van der Waals surface area contributed by atoms with E-state index in [0.29, 0.717) is 17.9 Å². The van der Waals surface area contributed by atoms with Crippen LogP contribution in [0, 0.1) is 0 Å². The molecule has 10 heteroatoms. The first kappa shape index (κ1) is 25.7. The van der Waals surface area contributed by atoms with Crippen LogP contribution in [0.3, 0.4) is 0 Å². The second-order valence-electron chi connectivity index (χ2n) is 6.73. The van der Waals surface area contributed by atoms with Gasteiger partial charge in [-0.3, -0.25) is 9.59 Å². The van der Waals surface area contributed by atoms with E-state index >= 15 is 0 Å². The number of aliphatic hydroxyl groups excluding tert-OH is 1. The van der Waals surface area contributed by atoms with E-state index in [2.05, 4.69) is 10.6 Å². The minimum absolute atomic E-state index is 0.000711. The number of carbonyl (C=O) groups excluding carboxylic acids is 2. The summed E-state index contributed by atoms with van der Waals surface area (Å²) in [6, 6.07) is 12.3. The van der Waals surface area contributed by atoms with Crippen molar-refractivity contribution < 1.29 is 37.3 Å². The fraction of sp³-hybridized carbons (Fsp3) is 0.304. The molecule has 0 saturated carbocycles. The van der Waals surface area contributed by atoms with Crippen LogP contribution in [0.1, 0.15) is 29.3 Å². The van der Waals surface area contributed by atoms with Crippen LogP contribution in [0.15, 0.2) is 54.2 Å². The average Bonchev–Trinajstić information content (AvgIpc) is 2.78. The zero-order chi connectivity index (χ0) is 24.3. The van der Waals surface area contributed by atoms with Crippen LogP contribution < -0.4 is 20.1 Å². The molecule has 0 aliphatic rings. The maximum atomic E-state index is 12.6. The molecular formula is C23H25F3N2O5. The number of hydrogen-bond acceptors (Lipinski definition) is 5. The Bertz CT molecular complexity index is 942. The van der Waals surface area contributed by atoms with Gasteiger partial charge in [0.15, 0.2) is 0 Å². The molecule has 0 fully saturated rings. The van der Waals surface area contributed by atoms with Gasteiger partial charge in [0, 0.05) is 12.1 Å². The fourth-order valence-electron chi connectivity index (χ4n) is 2.60. The lowest BCUT2D eigenvalue weighted by Gasteiger charge is -2.12. The quantitative estimate of drug-likeness (QED) is 0.442. The van der Waals surface area contributed by atoms with Crippen molar-refractivity contribution in [1.29, 1.82) is 0 Å². The summed E-state index contributed by atoms with van der Waals surface area (Å²) < 4.78 is 47.0. The molecule has 0 bridgehead atoms. The van der Waals surface area contributed by atoms with Crippen molar-refractivity contribution >= 4 is 17.9 Å². The van der Waals surface area contributed by atoms with E-state index in [4.69, 9.17) is 14.6 Å². The third-order valence-electron chi connectivity index (χ3n) is 4.16. The zero-order valence-corrected chi connectivity index (χ0v) is 17.9. The molecule has 0 spiro atoms. The summed E-state index contributed by atoms with van der Waals surface area (Å²) >= 11 is 0. The van der Waals surface area contributed by atoms with Crippen molar-refractivity contribution in [2.75, 3.05) is 26.4 Å². The number of hydrogen-bond donors (Lipinski definition) is 3. The Balaban J connectivity index is 2.11. The number of nitrogens with one attached hydrogen (secondary N) is 2. The molecule has 0 unspecified atom stereocenters. The van der Waals surface area contributed by atoms with Crippen LogP contribution in [0.2, 0.25) is 0 Å². The molecule has 0 saturated heterocycles. The molecule has 0 radical (unpaired) electrons. The van der Waals surface area contributed by atoms with Crippen LogP contribution >= 0.6 is 0 Å². The number of alkyl halides is 3. The minimum Gasteiger partial charge on any atom is -0.494 e. The summed E-state index contributed by atoms with van der Waals surface area (Å²) in [4.78, 5) is 25.1. The number of ether oxygens (including phenoxy) is 2. The largest absolute Gasteiger partial charge is 0.494 e. The molecule has 0 aliphatic carbocycles. The molecule has 2 aromatic rings. The maximum absolute atomic E-state index is 12.6. The van der Waals surface area contributed by atoms with Gasteiger partial charge in [-0.05, 0) is 55.0 Å². The molecule has 2 amide bonds. The lowest BCUT2D eigenvalue weighted by molar-refractivity contribution is -0.139. The highest BCUT2D eigenvalue weighted by atomic mass is 19.4. The normalized spacial score (nSPS) is 11.6. The SMILES string of the molecule is CCOc1ccc(/C=C(\NC(=O)c2ccc(OCCC(F)(F)F)cc2)C(=O)NCCO)cc1. The van der Waals surface area contributed by atoms with Gasteiger partial charge in [-0.15, -0.1) is 0 Å². The topological polar surface area (TPSA) is 96.9 Å². The monoisotopic (exact) mass is 466 g/mol. The fourth-order valence-corrected chi connectivity index (χ4v) is 2.60. The highest BCUT2D eigenvalue weighted by Gasteiger charge is 2.26. The van der Waals surface area contributed by atoms with E-state index in [1.165, 1.54) is 30.3 Å². The summed E-state index contributed by atoms with van der Waals surface area (Å²) in [6.45, 7) is 1.56. The summed E-state index contributed by atoms with van der Waals surface area (Å²) in [5.41, 5.74) is 0.746. The van der Waals surface area contributed by atoms with Crippen molar-refractivity contribution in [3.8, 4) is 11.5 Å². The lowest BCUT2D eigenvalue weighted by atomic mass is 10.1. The van der Waals surface area contributed by atoms with Gasteiger partial charge in [0.2, 0.25) is 0 Å². The van der Waals surface area contributed by atoms with E-state index in [1.807, 2.05) is 6.92 Å². The summed E-state index contributed by atoms with van der Waals surface area (Å²) in [6.07, 6.45) is -3.94. The Hall–Kier alpha value is -3.53. The van der Waals surface area contributed by atoms with Gasteiger partial charge in [-0.25, -0.2) is 0 Å². The van der Waals surface area contributed by atoms with Crippen LogP contribution in [0.5, 0.6) is 11.5 Å². The molecule has 33 heavy (non-hydrogen) atoms. The highest BCUT2D eigenvalue weighted by molar-refractivity contribution is 6.05. The van der Waals surface area contributed by atoms with Gasteiger partial charge in [0.25, 0.3) is 11.8 Å². The van der Waals surface area contributed by atoms with Crippen molar-refractivity contribution in [1.82, 2.24) is 10.6 Å². The smallest absolute Gasteiger partial charge is 0.392 e. The Morgan fingerprint density at radius 3 is 2.18 bits per heavy atom. The van der Waals surface area contributed by atoms with Gasteiger partial charge < -0.3 is 25.2 Å². The molecule has 2 rings (SSSR count). The molecule has 0 aromatic heterocycles. The average molecular weight is 466 g/mol. The van der Waals surface area contributed by atoms with Gasteiger partial charge in [-0.2, -0.15) is 13.2 Å². The predicted octanol–water partition coefficient (Wildman–Crippen LogP) is 3.30. The van der Waals surface area contributed by atoms with E-state index in [9.17, 15) is 22.8 Å². The predicted molar refractivity (Wildman–Crippen MR) is 116 cm³/mol. The zero-order valence-electron chi connectivity index (χ0n) is 17.9. The standard InChI is InChI=1S/C23H25F3N2O5/c1-2-32-18-7-3-16(4-8-18)15-20(22(31)27-12-13-29)28-21(30)17-5-9-19(10-6-17)33-14-11-23(24,25)26/h3-10,15,29H,2,11-14H2,1H3,(H,27,31)(H,28,30)/b20-15-. The first-order valence-electron chi connectivity index (χ1n) is 10.2. The third kappa shape index (κ3) is 9.24. The van der Waals surface area contributed by atoms with Crippen molar-refractivity contribution in [2.24, 2.45) is 0 Å². The van der Waals surface area contributed by atoms with E-state index < -0.39 is 31.0 Å². The Morgan fingerprint density at radius 2 is 1.61 bits per heavy atom. The molecule has 0 atom stereocenters. The minimum atomic E-state index is -4.32. The summed E-state index contributed by atoms with van der Waals surface area (Å²) in [5, 5.41) is 13.9. The number of aliphatic hydroxyl groups is 1. The van der Waals surface area contributed by atoms with Crippen molar-refractivity contribution in [3.63, 3.8) is 0 Å². The number of benzene rings is 2. The second-order valence-corrected chi connectivity index (χ2v) is 6.73. The van der Waals surface area contributed by atoms with E-state index in [-0.39, 0.29) is 30.2 Å². The van der Waals surface area contributed by atoms with Crippen molar-refractivity contribution in [2.45, 2.75) is 19.5 Å². The number of halogens is 3. The first-order chi connectivity index (χ1) is 15.7. The molecule has 0 heterocycles. The van der Waals surface area contributed by atoms with Crippen LogP contribution in [0.25, 0.3) is 6.08 Å². The Kier molecular flexibility index (Phi) is 9.74. The Morgan fingerprint density at radius 1 is 1.00 bits per heavy atom. The number of carbonyl (C=O) groups is 2. The van der Waals surface area contributed by atoms with E-state index in [1.54, 1.807) is 24.3 Å². The van der Waals surface area contributed by atoms with Gasteiger partial charge in [0.1, 0.15) is 17.2 Å². The van der Waals surface area contributed by atoms with Crippen molar-refractivity contribution in [3.05, 3.63) is 65.4 Å². The van der Waals surface area contributed by atoms with E-state index in [0.717, 1.165) is 0 Å². The van der Waals surface area contributed by atoms with Gasteiger partial charge in [-0.1, -0.05) is 12.1 Å². The summed E-state index contributed by atoms with van der Waals surface area (Å²) in [5.74, 6) is -0.365. The lowest BCUT2D eigenvalue weighted by Crippen LogP contribution is -2.36. The molecule has 0 aliphatic heterocycles. The Labute approximate surface area is 189 Å². The third-order valence-corrected chi connectivity index (χ3v) is 4.16. The molecule has 3 N–H and O–H groups in total. The maximum Gasteiger partial charge on any atom is 0.392 e. The number of rotatable bonds is 11. The highest BCUT2D eigenvalue weighted by Crippen LogP contribution is 2.21. The van der Waals surface area contributed by atoms with Crippen LogP contribution in [-0.4, -0.2) is 49.5 Å². The molecule has 178 valence electrons. The second kappa shape index (κ2) is 12.5. The molecule has 7 nitrogen and oxygen atoms in total. The molecule has 2 aromatic carbocycles. The molecular weight excluding hydrogens is 441 g/mol. The summed E-state index contributed by atoms with van der Waals surface area (Å²) in [7, 11) is 0. The van der Waals surface area contributed by atoms with Crippen LogP contribution in [0.4, 0.5) is 13.2 Å². The van der Waals surface area contributed by atoms with Crippen LogP contribution in [-0.2, 0) is 4.79 Å².